The van der Waals surface area contributed by atoms with Crippen LogP contribution < -0.4 is 16.0 Å². The topological polar surface area (TPSA) is 151 Å². The van der Waals surface area contributed by atoms with Gasteiger partial charge in [0.2, 0.25) is 11.9 Å². The Bertz CT molecular complexity index is 1330. The van der Waals surface area contributed by atoms with Gasteiger partial charge in [0.25, 0.3) is 10.1 Å². The van der Waals surface area contributed by atoms with Gasteiger partial charge in [0.1, 0.15) is 5.02 Å². The molecule has 0 saturated heterocycles. The second kappa shape index (κ2) is 12.7. The van der Waals surface area contributed by atoms with Gasteiger partial charge in [-0.15, -0.1) is 0 Å². The molecule has 2 aromatic heterocycles. The summed E-state index contributed by atoms with van der Waals surface area (Å²) in [5.41, 5.74) is 1.75. The molecule has 0 aliphatic heterocycles. The van der Waals surface area contributed by atoms with E-state index in [0.29, 0.717) is 16.8 Å². The maximum absolute atomic E-state index is 11.5. The van der Waals surface area contributed by atoms with E-state index in [2.05, 4.69) is 37.6 Å². The largest absolute Gasteiger partial charge is 0.366 e. The van der Waals surface area contributed by atoms with Gasteiger partial charge >= 0.3 is 0 Å². The molecular weight excluding hydrogens is 518 g/mol. The highest BCUT2D eigenvalue weighted by molar-refractivity contribution is 7.85. The highest BCUT2D eigenvalue weighted by Gasteiger charge is 2.23. The summed E-state index contributed by atoms with van der Waals surface area (Å²) in [4.78, 5) is 20.1. The van der Waals surface area contributed by atoms with Crippen LogP contribution in [-0.4, -0.2) is 50.7 Å². The highest BCUT2D eigenvalue weighted by Crippen LogP contribution is 2.26. The third-order valence-electron chi connectivity index (χ3n) is 5.57. The zero-order chi connectivity index (χ0) is 27.0. The number of nitrogens with one attached hydrogen (secondary N) is 3. The van der Waals surface area contributed by atoms with E-state index in [4.69, 9.17) is 16.2 Å². The van der Waals surface area contributed by atoms with E-state index in [-0.39, 0.29) is 22.9 Å². The summed E-state index contributed by atoms with van der Waals surface area (Å²) in [6.07, 6.45) is 10.2. The average Bonchev–Trinajstić information content (AvgIpc) is 3.26. The fourth-order valence-electron chi connectivity index (χ4n) is 3.76. The van der Waals surface area contributed by atoms with E-state index in [9.17, 15) is 13.2 Å². The van der Waals surface area contributed by atoms with Crippen LogP contribution in [0.2, 0.25) is 5.02 Å². The Balaban J connectivity index is 0.000000289. The molecule has 37 heavy (non-hydrogen) atoms. The van der Waals surface area contributed by atoms with Crippen molar-refractivity contribution in [3.8, 4) is 0 Å². The van der Waals surface area contributed by atoms with E-state index >= 15 is 0 Å². The van der Waals surface area contributed by atoms with Crippen molar-refractivity contribution in [1.82, 2.24) is 25.1 Å². The van der Waals surface area contributed by atoms with Crippen molar-refractivity contribution in [2.24, 2.45) is 7.05 Å². The van der Waals surface area contributed by atoms with Gasteiger partial charge < -0.3 is 16.0 Å². The minimum atomic E-state index is -4.02. The quantitative estimate of drug-likeness (QED) is 0.255. The van der Waals surface area contributed by atoms with Crippen LogP contribution in [0.1, 0.15) is 31.2 Å². The molecule has 13 heteroatoms. The average molecular weight is 548 g/mol. The first-order chi connectivity index (χ1) is 17.5. The van der Waals surface area contributed by atoms with Crippen LogP contribution in [-0.2, 0) is 22.0 Å². The fourth-order valence-corrected chi connectivity index (χ4v) is 4.38. The molecule has 0 radical (unpaired) electrons. The molecule has 2 unspecified atom stereocenters. The Kier molecular flexibility index (Phi) is 9.61. The van der Waals surface area contributed by atoms with Crippen molar-refractivity contribution in [3.05, 3.63) is 66.1 Å². The molecule has 0 bridgehead atoms. The van der Waals surface area contributed by atoms with E-state index < -0.39 is 10.1 Å². The van der Waals surface area contributed by atoms with E-state index in [1.807, 2.05) is 20.2 Å². The number of rotatable bonds is 7. The van der Waals surface area contributed by atoms with Crippen LogP contribution in [0.15, 0.2) is 60.4 Å². The van der Waals surface area contributed by atoms with Crippen molar-refractivity contribution < 1.29 is 17.8 Å². The number of hydrogen-bond donors (Lipinski definition) is 4. The summed E-state index contributed by atoms with van der Waals surface area (Å²) in [5.74, 6) is 0.879. The van der Waals surface area contributed by atoms with E-state index in [0.717, 1.165) is 36.9 Å². The number of carbonyl (C=O) groups excluding carboxylic acids is 1. The lowest BCUT2D eigenvalue weighted by molar-refractivity contribution is -0.117. The maximum atomic E-state index is 11.5. The van der Waals surface area contributed by atoms with Crippen LogP contribution in [0.3, 0.4) is 0 Å². The van der Waals surface area contributed by atoms with Crippen molar-refractivity contribution in [2.75, 3.05) is 10.6 Å². The molecule has 2 atom stereocenters. The molecule has 1 aliphatic rings. The molecule has 4 N–H and O–H groups in total. The Labute approximate surface area is 221 Å². The van der Waals surface area contributed by atoms with Crippen LogP contribution in [0.5, 0.6) is 0 Å². The third-order valence-corrected chi connectivity index (χ3v) is 6.72. The lowest BCUT2D eigenvalue weighted by Crippen LogP contribution is -2.41. The van der Waals surface area contributed by atoms with E-state index in [1.54, 1.807) is 29.2 Å². The Morgan fingerprint density at radius 3 is 2.54 bits per heavy atom. The zero-order valence-electron chi connectivity index (χ0n) is 20.6. The Hall–Kier alpha value is -3.48. The monoisotopic (exact) mass is 547 g/mol. The minimum Gasteiger partial charge on any atom is -0.366 e. The van der Waals surface area contributed by atoms with Crippen LogP contribution >= 0.6 is 11.6 Å². The number of hydrogen-bond acceptors (Lipinski definition) is 8. The molecule has 0 spiro atoms. The SMILES string of the molecule is C=CC(=O)NC1CCCC(Nc2nc(Nc3cnn(C)c3)ncc2Cl)C1.Cc1ccc(S(=O)(=O)O)cc1. The van der Waals surface area contributed by atoms with Crippen molar-refractivity contribution >= 4 is 45.1 Å². The van der Waals surface area contributed by atoms with Gasteiger partial charge in [-0.1, -0.05) is 35.9 Å². The van der Waals surface area contributed by atoms with Gasteiger partial charge in [-0.05, 0) is 50.8 Å². The van der Waals surface area contributed by atoms with Crippen LogP contribution in [0.4, 0.5) is 17.5 Å². The number of aromatic nitrogens is 4. The minimum absolute atomic E-state index is 0.0666. The van der Waals surface area contributed by atoms with Crippen molar-refractivity contribution in [1.29, 1.82) is 0 Å². The van der Waals surface area contributed by atoms with Gasteiger partial charge in [-0.3, -0.25) is 14.0 Å². The zero-order valence-corrected chi connectivity index (χ0v) is 22.1. The molecule has 2 heterocycles. The first kappa shape index (κ1) is 28.1. The maximum Gasteiger partial charge on any atom is 0.294 e. The molecule has 1 amide bonds. The molecule has 1 fully saturated rings. The van der Waals surface area contributed by atoms with Gasteiger partial charge in [0, 0.05) is 25.3 Å². The molecule has 1 aromatic carbocycles. The van der Waals surface area contributed by atoms with Gasteiger partial charge in [0.15, 0.2) is 5.82 Å². The molecular formula is C24H30ClN7O4S. The molecule has 198 valence electrons. The number of aryl methyl sites for hydroxylation is 2. The summed E-state index contributed by atoms with van der Waals surface area (Å²) < 4.78 is 31.2. The highest BCUT2D eigenvalue weighted by atomic mass is 35.5. The number of halogens is 1. The Morgan fingerprint density at radius 1 is 1.22 bits per heavy atom. The number of amides is 1. The smallest absolute Gasteiger partial charge is 0.294 e. The third kappa shape index (κ3) is 8.85. The van der Waals surface area contributed by atoms with Gasteiger partial charge in [0.05, 0.1) is 23.0 Å². The number of carbonyl (C=O) groups is 1. The molecule has 11 nitrogen and oxygen atoms in total. The summed E-state index contributed by atoms with van der Waals surface area (Å²) >= 11 is 6.25. The van der Waals surface area contributed by atoms with Crippen molar-refractivity contribution in [3.63, 3.8) is 0 Å². The molecule has 1 aliphatic carbocycles. The summed E-state index contributed by atoms with van der Waals surface area (Å²) in [7, 11) is -2.18. The van der Waals surface area contributed by atoms with Gasteiger partial charge in [-0.25, -0.2) is 4.98 Å². The predicted molar refractivity (Wildman–Crippen MR) is 143 cm³/mol. The molecule has 1 saturated carbocycles. The summed E-state index contributed by atoms with van der Waals surface area (Å²) in [5, 5.41) is 14.0. The second-order valence-corrected chi connectivity index (χ2v) is 10.5. The van der Waals surface area contributed by atoms with E-state index in [1.165, 1.54) is 18.2 Å². The summed E-state index contributed by atoms with van der Waals surface area (Å²) in [6.45, 7) is 5.34. The Morgan fingerprint density at radius 2 is 1.92 bits per heavy atom. The predicted octanol–water partition coefficient (Wildman–Crippen LogP) is 3.87. The van der Waals surface area contributed by atoms with Gasteiger partial charge in [-0.2, -0.15) is 18.5 Å². The first-order valence-corrected chi connectivity index (χ1v) is 13.4. The number of benzene rings is 1. The van der Waals surface area contributed by atoms with Crippen LogP contribution in [0.25, 0.3) is 0 Å². The van der Waals surface area contributed by atoms with Crippen LogP contribution in [0, 0.1) is 6.92 Å². The lowest BCUT2D eigenvalue weighted by Gasteiger charge is -2.30. The lowest BCUT2D eigenvalue weighted by atomic mass is 9.91. The fraction of sp³-hybridized carbons (Fsp3) is 0.333. The number of anilines is 3. The standard InChI is InChI=1S/C17H22ClN7O.C7H8O3S/c1-3-15(26)21-11-5-4-6-12(7-11)22-16-14(18)9-19-17(24-16)23-13-8-20-25(2)10-13;1-6-2-4-7(5-3-6)11(8,9)10/h3,8-12H,1,4-7H2,2H3,(H,21,26)(H2,19,22,23,24);2-5H,1H3,(H,8,9,10). The summed E-state index contributed by atoms with van der Waals surface area (Å²) in [6, 6.07) is 6.29. The first-order valence-electron chi connectivity index (χ1n) is 11.6. The normalized spacial score (nSPS) is 17.2. The second-order valence-electron chi connectivity index (χ2n) is 8.62. The molecule has 4 rings (SSSR count). The molecule has 3 aromatic rings. The number of nitrogens with zero attached hydrogens (tertiary/aromatic N) is 4. The van der Waals surface area contributed by atoms with Crippen molar-refractivity contribution in [2.45, 2.75) is 49.6 Å².